The topological polar surface area (TPSA) is 86.1 Å². The van der Waals surface area contributed by atoms with Crippen LogP contribution in [-0.2, 0) is 22.5 Å². The van der Waals surface area contributed by atoms with Gasteiger partial charge in [-0.05, 0) is 31.0 Å². The largest absolute Gasteiger partial charge is 0.462 e. The Balaban J connectivity index is 1.94. The molecular weight excluding hydrogens is 380 g/mol. The molecule has 4 aromatic rings. The first-order valence-electron chi connectivity index (χ1n) is 9.86. The lowest BCUT2D eigenvalue weighted by Gasteiger charge is -2.12. The van der Waals surface area contributed by atoms with E-state index in [0.29, 0.717) is 41.0 Å². The molecule has 2 aromatic heterocycles. The number of ether oxygens (including phenoxy) is 1. The summed E-state index contributed by atoms with van der Waals surface area (Å²) in [6.45, 7) is 3.88. The van der Waals surface area contributed by atoms with E-state index in [0.717, 1.165) is 5.56 Å². The molecule has 1 N–H and O–H groups in total. The fourth-order valence-electron chi connectivity index (χ4n) is 3.50. The average Bonchev–Trinajstić information content (AvgIpc) is 3.02. The zero-order valence-corrected chi connectivity index (χ0v) is 16.9. The number of carbonyl (C=O) groups is 2. The summed E-state index contributed by atoms with van der Waals surface area (Å²) in [6, 6.07) is 17.5. The van der Waals surface area contributed by atoms with E-state index in [9.17, 15) is 9.59 Å². The molecule has 2 aromatic carbocycles. The van der Waals surface area contributed by atoms with Gasteiger partial charge in [-0.1, -0.05) is 42.5 Å². The molecule has 7 heteroatoms. The van der Waals surface area contributed by atoms with E-state index in [-0.39, 0.29) is 18.1 Å². The summed E-state index contributed by atoms with van der Waals surface area (Å²) in [7, 11) is 0. The molecule has 4 rings (SSSR count). The van der Waals surface area contributed by atoms with Crippen LogP contribution in [0.5, 0.6) is 0 Å². The summed E-state index contributed by atoms with van der Waals surface area (Å²) in [6.07, 6.45) is 0.702. The maximum Gasteiger partial charge on any atom is 0.344 e. The number of aromatic nitrogens is 3. The number of benzene rings is 2. The molecule has 0 saturated heterocycles. The standard InChI is InChI=1S/C23H22N4O3/c1-3-30-23(29)19-20-22(26-18-12-8-7-11-17(18)25-20)27(21(19)24-15(2)28)14-13-16-9-5-4-6-10-16/h4-12H,3,13-14H2,1-2H3,(H,24,28). The maximum atomic E-state index is 12.8. The van der Waals surface area contributed by atoms with Crippen LogP contribution in [0.25, 0.3) is 22.2 Å². The van der Waals surface area contributed by atoms with Crippen molar-refractivity contribution in [1.82, 2.24) is 14.5 Å². The molecule has 0 unspecified atom stereocenters. The fourth-order valence-corrected chi connectivity index (χ4v) is 3.50. The van der Waals surface area contributed by atoms with Crippen molar-refractivity contribution in [3.63, 3.8) is 0 Å². The molecule has 0 aliphatic carbocycles. The number of nitrogens with zero attached hydrogens (tertiary/aromatic N) is 3. The Labute approximate surface area is 173 Å². The number of aryl methyl sites for hydroxylation is 2. The second-order valence-corrected chi connectivity index (χ2v) is 6.90. The van der Waals surface area contributed by atoms with Gasteiger partial charge in [0.1, 0.15) is 16.9 Å². The molecule has 1 amide bonds. The minimum atomic E-state index is -0.533. The number of carbonyl (C=O) groups excluding carboxylic acids is 2. The number of esters is 1. The van der Waals surface area contributed by atoms with Gasteiger partial charge in [-0.25, -0.2) is 14.8 Å². The highest BCUT2D eigenvalue weighted by molar-refractivity contribution is 6.11. The van der Waals surface area contributed by atoms with Crippen LogP contribution in [0.15, 0.2) is 54.6 Å². The van der Waals surface area contributed by atoms with Gasteiger partial charge >= 0.3 is 5.97 Å². The van der Waals surface area contributed by atoms with Crippen molar-refractivity contribution in [3.8, 4) is 0 Å². The minimum Gasteiger partial charge on any atom is -0.462 e. The van der Waals surface area contributed by atoms with Crippen LogP contribution in [-0.4, -0.2) is 33.0 Å². The lowest BCUT2D eigenvalue weighted by Crippen LogP contribution is -2.16. The highest BCUT2D eigenvalue weighted by Gasteiger charge is 2.27. The highest BCUT2D eigenvalue weighted by atomic mass is 16.5. The third-order valence-electron chi connectivity index (χ3n) is 4.79. The van der Waals surface area contributed by atoms with E-state index in [4.69, 9.17) is 9.72 Å². The second kappa shape index (κ2) is 8.32. The Kier molecular flexibility index (Phi) is 5.43. The number of amides is 1. The van der Waals surface area contributed by atoms with Gasteiger partial charge in [-0.3, -0.25) is 4.79 Å². The molecule has 0 aliphatic heterocycles. The molecule has 0 atom stereocenters. The Morgan fingerprint density at radius 3 is 2.33 bits per heavy atom. The van der Waals surface area contributed by atoms with Crippen LogP contribution in [0.2, 0.25) is 0 Å². The third-order valence-corrected chi connectivity index (χ3v) is 4.79. The van der Waals surface area contributed by atoms with Crippen molar-refractivity contribution < 1.29 is 14.3 Å². The zero-order valence-electron chi connectivity index (χ0n) is 16.9. The second-order valence-electron chi connectivity index (χ2n) is 6.90. The van der Waals surface area contributed by atoms with Crippen LogP contribution in [0, 0.1) is 0 Å². The lowest BCUT2D eigenvalue weighted by molar-refractivity contribution is -0.114. The predicted molar refractivity (Wildman–Crippen MR) is 115 cm³/mol. The summed E-state index contributed by atoms with van der Waals surface area (Å²) < 4.78 is 7.12. The van der Waals surface area contributed by atoms with Gasteiger partial charge < -0.3 is 14.6 Å². The molecule has 0 bridgehead atoms. The van der Waals surface area contributed by atoms with Crippen molar-refractivity contribution >= 4 is 39.9 Å². The first kappa shape index (κ1) is 19.6. The quantitative estimate of drug-likeness (QED) is 0.493. The van der Waals surface area contributed by atoms with Gasteiger partial charge in [0.15, 0.2) is 5.65 Å². The summed E-state index contributed by atoms with van der Waals surface area (Å²) in [5, 5.41) is 2.80. The van der Waals surface area contributed by atoms with Crippen LogP contribution in [0.4, 0.5) is 5.82 Å². The summed E-state index contributed by atoms with van der Waals surface area (Å²) >= 11 is 0. The van der Waals surface area contributed by atoms with Gasteiger partial charge in [0.25, 0.3) is 0 Å². The van der Waals surface area contributed by atoms with E-state index in [1.54, 1.807) is 6.92 Å². The number of hydrogen-bond acceptors (Lipinski definition) is 5. The van der Waals surface area contributed by atoms with Gasteiger partial charge in [-0.15, -0.1) is 0 Å². The average molecular weight is 402 g/mol. The molecule has 30 heavy (non-hydrogen) atoms. The van der Waals surface area contributed by atoms with Gasteiger partial charge in [0.2, 0.25) is 5.91 Å². The number of para-hydroxylation sites is 2. The van der Waals surface area contributed by atoms with Crippen LogP contribution >= 0.6 is 0 Å². The first-order chi connectivity index (χ1) is 14.6. The number of nitrogens with one attached hydrogen (secondary N) is 1. The van der Waals surface area contributed by atoms with E-state index < -0.39 is 5.97 Å². The monoisotopic (exact) mass is 402 g/mol. The van der Waals surface area contributed by atoms with Crippen LogP contribution in [0.3, 0.4) is 0 Å². The van der Waals surface area contributed by atoms with Crippen molar-refractivity contribution in [2.75, 3.05) is 11.9 Å². The molecule has 152 valence electrons. The van der Waals surface area contributed by atoms with E-state index in [1.165, 1.54) is 6.92 Å². The number of rotatable bonds is 6. The molecule has 0 fully saturated rings. The van der Waals surface area contributed by atoms with Crippen molar-refractivity contribution in [3.05, 3.63) is 65.7 Å². The lowest BCUT2D eigenvalue weighted by atomic mass is 10.1. The third kappa shape index (κ3) is 3.74. The Bertz CT molecular complexity index is 1230. The van der Waals surface area contributed by atoms with Crippen molar-refractivity contribution in [2.45, 2.75) is 26.8 Å². The van der Waals surface area contributed by atoms with Gasteiger partial charge in [0, 0.05) is 13.5 Å². The maximum absolute atomic E-state index is 12.8. The summed E-state index contributed by atoms with van der Waals surface area (Å²) in [4.78, 5) is 34.2. The Hall–Kier alpha value is -3.74. The zero-order chi connectivity index (χ0) is 21.1. The van der Waals surface area contributed by atoms with Crippen molar-refractivity contribution in [2.24, 2.45) is 0 Å². The SMILES string of the molecule is CCOC(=O)c1c(NC(C)=O)n(CCc2ccccc2)c2nc3ccccc3nc12. The summed E-state index contributed by atoms with van der Waals surface area (Å²) in [5.41, 5.74) is 3.71. The van der Waals surface area contributed by atoms with Gasteiger partial charge in [0.05, 0.1) is 17.6 Å². The predicted octanol–water partition coefficient (Wildman–Crippen LogP) is 3.96. The minimum absolute atomic E-state index is 0.218. The van der Waals surface area contributed by atoms with E-state index >= 15 is 0 Å². The number of hydrogen-bond donors (Lipinski definition) is 1. The molecule has 7 nitrogen and oxygen atoms in total. The van der Waals surface area contributed by atoms with E-state index in [1.807, 2.05) is 59.2 Å². The Morgan fingerprint density at radius 2 is 1.67 bits per heavy atom. The molecule has 0 saturated carbocycles. The van der Waals surface area contributed by atoms with Crippen molar-refractivity contribution in [1.29, 1.82) is 0 Å². The van der Waals surface area contributed by atoms with Crippen LogP contribution < -0.4 is 5.32 Å². The molecule has 0 radical (unpaired) electrons. The first-order valence-corrected chi connectivity index (χ1v) is 9.86. The molecule has 2 heterocycles. The normalized spacial score (nSPS) is 11.0. The van der Waals surface area contributed by atoms with Gasteiger partial charge in [-0.2, -0.15) is 0 Å². The smallest absolute Gasteiger partial charge is 0.344 e. The Morgan fingerprint density at radius 1 is 1.00 bits per heavy atom. The molecular formula is C23H22N4O3. The fraction of sp³-hybridized carbons (Fsp3) is 0.217. The molecule has 0 aliphatic rings. The summed E-state index contributed by atoms with van der Waals surface area (Å²) in [5.74, 6) is -0.453. The number of fused-ring (bicyclic) bond motifs is 2. The number of anilines is 1. The highest BCUT2D eigenvalue weighted by Crippen LogP contribution is 2.31. The molecule has 0 spiro atoms. The van der Waals surface area contributed by atoms with Crippen LogP contribution in [0.1, 0.15) is 29.8 Å². The van der Waals surface area contributed by atoms with E-state index in [2.05, 4.69) is 10.3 Å².